The fraction of sp³-hybridized carbons (Fsp3) is 0.0952. The number of nitro groups is 2. The summed E-state index contributed by atoms with van der Waals surface area (Å²) >= 11 is 3.23. The summed E-state index contributed by atoms with van der Waals surface area (Å²) in [7, 11) is 0. The van der Waals surface area contributed by atoms with Crippen LogP contribution in [0.3, 0.4) is 0 Å². The maximum absolute atomic E-state index is 13.1. The van der Waals surface area contributed by atoms with Crippen molar-refractivity contribution in [2.75, 3.05) is 0 Å². The van der Waals surface area contributed by atoms with Crippen molar-refractivity contribution in [2.45, 2.75) is 12.8 Å². The molecule has 0 saturated heterocycles. The van der Waals surface area contributed by atoms with Crippen molar-refractivity contribution >= 4 is 33.5 Å². The van der Waals surface area contributed by atoms with Gasteiger partial charge < -0.3 is 9.57 Å². The van der Waals surface area contributed by atoms with Crippen molar-refractivity contribution in [3.8, 4) is 11.5 Å². The molecule has 3 aromatic carbocycles. The van der Waals surface area contributed by atoms with Gasteiger partial charge in [-0.25, -0.2) is 0 Å². The summed E-state index contributed by atoms with van der Waals surface area (Å²) in [6.07, 6.45) is -3.84. The summed E-state index contributed by atoms with van der Waals surface area (Å²) < 4.78 is 45.3. The fourth-order valence-corrected chi connectivity index (χ4v) is 3.12. The van der Waals surface area contributed by atoms with Gasteiger partial charge >= 0.3 is 17.6 Å². The fourth-order valence-electron chi connectivity index (χ4n) is 2.74. The van der Waals surface area contributed by atoms with Gasteiger partial charge in [-0.2, -0.15) is 13.2 Å². The molecule has 13 heteroatoms. The minimum Gasteiger partial charge on any atom is -0.443 e. The number of hydrogen-bond acceptors (Lipinski definition) is 7. The highest BCUT2D eigenvalue weighted by atomic mass is 79.9. The number of hydrogen-bond donors (Lipinski definition) is 0. The maximum Gasteiger partial charge on any atom is 0.416 e. The highest BCUT2D eigenvalue weighted by Crippen LogP contribution is 2.45. The predicted molar refractivity (Wildman–Crippen MR) is 118 cm³/mol. The van der Waals surface area contributed by atoms with Crippen LogP contribution in [0.15, 0.2) is 70.3 Å². The topological polar surface area (TPSA) is 117 Å². The van der Waals surface area contributed by atoms with E-state index in [1.165, 1.54) is 24.4 Å². The van der Waals surface area contributed by atoms with E-state index in [0.717, 1.165) is 5.56 Å². The van der Waals surface area contributed by atoms with Gasteiger partial charge in [0.05, 0.1) is 21.6 Å². The minimum atomic E-state index is -5.04. The zero-order chi connectivity index (χ0) is 24.9. The van der Waals surface area contributed by atoms with E-state index in [9.17, 15) is 33.4 Å². The first-order valence-corrected chi connectivity index (χ1v) is 10.1. The second-order valence-electron chi connectivity index (χ2n) is 6.63. The molecule has 0 unspecified atom stereocenters. The molecule has 9 nitrogen and oxygen atoms in total. The highest BCUT2D eigenvalue weighted by Gasteiger charge is 2.38. The van der Waals surface area contributed by atoms with E-state index in [2.05, 4.69) is 21.1 Å². The van der Waals surface area contributed by atoms with Crippen molar-refractivity contribution in [2.24, 2.45) is 5.16 Å². The third-order valence-corrected chi connectivity index (χ3v) is 4.79. The van der Waals surface area contributed by atoms with Gasteiger partial charge in [0.15, 0.2) is 0 Å². The second kappa shape index (κ2) is 10.3. The summed E-state index contributed by atoms with van der Waals surface area (Å²) in [5.41, 5.74) is -2.96. The third-order valence-electron chi connectivity index (χ3n) is 4.29. The molecule has 0 spiro atoms. The van der Waals surface area contributed by atoms with Crippen LogP contribution in [0.25, 0.3) is 0 Å². The molecule has 34 heavy (non-hydrogen) atoms. The number of rotatable bonds is 8. The molecule has 176 valence electrons. The standard InChI is InChI=1S/C21H13BrF3N3O6/c22-16-6-7-19(14(8-16)11-26-33-12-13-4-2-1-3-5-13)34-20-17(27(29)30)9-15(21(23,24)25)10-18(20)28(31)32/h1-11H,12H2/b26-11-. The zero-order valence-electron chi connectivity index (χ0n) is 16.9. The number of nitro benzene ring substituents is 2. The van der Waals surface area contributed by atoms with E-state index < -0.39 is 38.7 Å². The van der Waals surface area contributed by atoms with Crippen LogP contribution in [0.5, 0.6) is 11.5 Å². The number of halogens is 4. The number of oxime groups is 1. The number of benzene rings is 3. The van der Waals surface area contributed by atoms with Crippen LogP contribution >= 0.6 is 15.9 Å². The Hall–Kier alpha value is -4.00. The first kappa shape index (κ1) is 24.6. The predicted octanol–water partition coefficient (Wildman–Crippen LogP) is 6.63. The first-order chi connectivity index (χ1) is 16.1. The van der Waals surface area contributed by atoms with Crippen LogP contribution in [0.4, 0.5) is 24.5 Å². The lowest BCUT2D eigenvalue weighted by Gasteiger charge is -2.12. The number of nitrogens with zero attached hydrogens (tertiary/aromatic N) is 3. The lowest BCUT2D eigenvalue weighted by molar-refractivity contribution is -0.396. The molecular weight excluding hydrogens is 527 g/mol. The van der Waals surface area contributed by atoms with Crippen molar-refractivity contribution < 1.29 is 32.6 Å². The zero-order valence-corrected chi connectivity index (χ0v) is 18.4. The molecule has 3 rings (SSSR count). The van der Waals surface area contributed by atoms with Gasteiger partial charge in [-0.3, -0.25) is 20.2 Å². The Bertz CT molecular complexity index is 1220. The lowest BCUT2D eigenvalue weighted by atomic mass is 10.1. The van der Waals surface area contributed by atoms with Gasteiger partial charge in [0.25, 0.3) is 5.75 Å². The van der Waals surface area contributed by atoms with Crippen LogP contribution in [0, 0.1) is 20.2 Å². The van der Waals surface area contributed by atoms with Gasteiger partial charge in [0.2, 0.25) is 0 Å². The molecule has 0 N–H and O–H groups in total. The summed E-state index contributed by atoms with van der Waals surface area (Å²) in [5, 5.41) is 26.7. The molecule has 0 aliphatic heterocycles. The maximum atomic E-state index is 13.1. The van der Waals surface area contributed by atoms with Gasteiger partial charge in [0, 0.05) is 22.2 Å². The monoisotopic (exact) mass is 539 g/mol. The molecule has 0 amide bonds. The summed E-state index contributed by atoms with van der Waals surface area (Å²) in [6.45, 7) is 0.136. The molecule has 0 bridgehead atoms. The SMILES string of the molecule is O=[N+]([O-])c1cc(C(F)(F)F)cc([N+](=O)[O-])c1Oc1ccc(Br)cc1/C=N\OCc1ccccc1. The Morgan fingerprint density at radius 1 is 0.971 bits per heavy atom. The Morgan fingerprint density at radius 3 is 2.15 bits per heavy atom. The van der Waals surface area contributed by atoms with Crippen molar-refractivity contribution in [1.29, 1.82) is 0 Å². The molecular formula is C21H13BrF3N3O6. The number of alkyl halides is 3. The van der Waals surface area contributed by atoms with E-state index >= 15 is 0 Å². The van der Waals surface area contributed by atoms with Crippen LogP contribution in [0.2, 0.25) is 0 Å². The molecule has 0 saturated carbocycles. The number of ether oxygens (including phenoxy) is 1. The van der Waals surface area contributed by atoms with Crippen molar-refractivity contribution in [1.82, 2.24) is 0 Å². The molecule has 3 aromatic rings. The smallest absolute Gasteiger partial charge is 0.416 e. The van der Waals surface area contributed by atoms with Crippen LogP contribution < -0.4 is 4.74 Å². The Morgan fingerprint density at radius 2 is 1.59 bits per heavy atom. The average molecular weight is 540 g/mol. The summed E-state index contributed by atoms with van der Waals surface area (Å²) in [6, 6.07) is 13.7. The van der Waals surface area contributed by atoms with Crippen molar-refractivity contribution in [3.63, 3.8) is 0 Å². The normalized spacial score (nSPS) is 11.4. The second-order valence-corrected chi connectivity index (χ2v) is 7.55. The Kier molecular flexibility index (Phi) is 7.46. The highest BCUT2D eigenvalue weighted by molar-refractivity contribution is 9.10. The van der Waals surface area contributed by atoms with Gasteiger partial charge in [-0.05, 0) is 23.8 Å². The third kappa shape index (κ3) is 6.07. The molecule has 0 radical (unpaired) electrons. The minimum absolute atomic E-state index is 0.136. The van der Waals surface area contributed by atoms with Gasteiger partial charge in [-0.1, -0.05) is 51.4 Å². The molecule has 0 heterocycles. The molecule has 0 atom stereocenters. The molecule has 0 aromatic heterocycles. The molecule has 0 aliphatic rings. The first-order valence-electron chi connectivity index (χ1n) is 9.27. The van der Waals surface area contributed by atoms with Crippen molar-refractivity contribution in [3.05, 3.63) is 102 Å². The van der Waals surface area contributed by atoms with Crippen LogP contribution in [-0.2, 0) is 17.6 Å². The van der Waals surface area contributed by atoms with Gasteiger partial charge in [0.1, 0.15) is 12.4 Å². The lowest BCUT2D eigenvalue weighted by Crippen LogP contribution is -2.08. The van der Waals surface area contributed by atoms with E-state index in [4.69, 9.17) is 9.57 Å². The van der Waals surface area contributed by atoms with Gasteiger partial charge in [-0.15, -0.1) is 0 Å². The molecule has 0 aliphatic carbocycles. The van der Waals surface area contributed by atoms with E-state index in [1.54, 1.807) is 0 Å². The van der Waals surface area contributed by atoms with Crippen LogP contribution in [-0.4, -0.2) is 16.1 Å². The van der Waals surface area contributed by atoms with E-state index in [1.807, 2.05) is 30.3 Å². The largest absolute Gasteiger partial charge is 0.443 e. The quantitative estimate of drug-likeness (QED) is 0.180. The van der Waals surface area contributed by atoms with E-state index in [-0.39, 0.29) is 30.1 Å². The average Bonchev–Trinajstić information content (AvgIpc) is 2.78. The Labute approximate surface area is 197 Å². The van der Waals surface area contributed by atoms with E-state index in [0.29, 0.717) is 4.47 Å². The molecule has 0 fully saturated rings. The summed E-state index contributed by atoms with van der Waals surface area (Å²) in [4.78, 5) is 25.7. The Balaban J connectivity index is 1.98. The van der Waals surface area contributed by atoms with Crippen LogP contribution in [0.1, 0.15) is 16.7 Å². The summed E-state index contributed by atoms with van der Waals surface area (Å²) in [5.74, 6) is -1.09.